The molecule has 1 aromatic carbocycles. The summed E-state index contributed by atoms with van der Waals surface area (Å²) in [6, 6.07) is 4.45. The van der Waals surface area contributed by atoms with Crippen molar-refractivity contribution in [1.82, 2.24) is 19.5 Å². The van der Waals surface area contributed by atoms with Gasteiger partial charge in [0, 0.05) is 24.5 Å². The summed E-state index contributed by atoms with van der Waals surface area (Å²) < 4.78 is 29.0. The van der Waals surface area contributed by atoms with Gasteiger partial charge in [0.05, 0.1) is 9.92 Å². The van der Waals surface area contributed by atoms with Gasteiger partial charge in [-0.15, -0.1) is 10.2 Å². The molecule has 0 aliphatic carbocycles. The van der Waals surface area contributed by atoms with Gasteiger partial charge in [-0.25, -0.2) is 13.1 Å². The van der Waals surface area contributed by atoms with Gasteiger partial charge in [0.25, 0.3) is 0 Å². The largest absolute Gasteiger partial charge is 0.321 e. The molecule has 0 atom stereocenters. The first-order valence-corrected chi connectivity index (χ1v) is 8.33. The third kappa shape index (κ3) is 3.57. The Morgan fingerprint density at radius 1 is 1.45 bits per heavy atom. The van der Waals surface area contributed by atoms with Crippen molar-refractivity contribution >= 4 is 37.6 Å². The van der Waals surface area contributed by atoms with E-state index in [1.54, 1.807) is 17.9 Å². The zero-order valence-corrected chi connectivity index (χ0v) is 13.7. The van der Waals surface area contributed by atoms with Gasteiger partial charge < -0.3 is 4.57 Å². The summed E-state index contributed by atoms with van der Waals surface area (Å²) >= 11 is 9.04. The Morgan fingerprint density at radius 2 is 2.20 bits per heavy atom. The topological polar surface area (TPSA) is 76.9 Å². The van der Waals surface area contributed by atoms with E-state index in [1.165, 1.54) is 18.2 Å². The quantitative estimate of drug-likeness (QED) is 0.858. The molecule has 9 heteroatoms. The van der Waals surface area contributed by atoms with Crippen molar-refractivity contribution < 1.29 is 8.42 Å². The molecular weight excluding hydrogens is 368 g/mol. The molecule has 0 saturated carbocycles. The fraction of sp³-hybridized carbons (Fsp3) is 0.273. The van der Waals surface area contributed by atoms with Gasteiger partial charge in [-0.05, 0) is 34.1 Å². The molecule has 0 unspecified atom stereocenters. The Hall–Kier alpha value is -0.960. The second-order valence-corrected chi connectivity index (χ2v) is 7.11. The molecule has 0 fully saturated rings. The van der Waals surface area contributed by atoms with Crippen LogP contribution < -0.4 is 4.72 Å². The molecule has 0 spiro atoms. The van der Waals surface area contributed by atoms with Crippen molar-refractivity contribution in [2.24, 2.45) is 7.05 Å². The van der Waals surface area contributed by atoms with E-state index in [2.05, 4.69) is 30.8 Å². The van der Waals surface area contributed by atoms with Crippen molar-refractivity contribution in [3.63, 3.8) is 0 Å². The lowest BCUT2D eigenvalue weighted by atomic mass is 10.4. The molecule has 0 aliphatic rings. The van der Waals surface area contributed by atoms with E-state index in [-0.39, 0.29) is 11.4 Å². The highest BCUT2D eigenvalue weighted by Gasteiger charge is 2.15. The van der Waals surface area contributed by atoms with E-state index in [1.807, 2.05) is 0 Å². The van der Waals surface area contributed by atoms with Crippen molar-refractivity contribution in [1.29, 1.82) is 0 Å². The van der Waals surface area contributed by atoms with Crippen LogP contribution in [0, 0.1) is 0 Å². The van der Waals surface area contributed by atoms with Crippen LogP contribution in [0.1, 0.15) is 5.82 Å². The van der Waals surface area contributed by atoms with Crippen molar-refractivity contribution in [2.45, 2.75) is 11.3 Å². The van der Waals surface area contributed by atoms with E-state index < -0.39 is 10.0 Å². The Morgan fingerprint density at radius 3 is 2.80 bits per heavy atom. The molecule has 1 N–H and O–H groups in total. The minimum Gasteiger partial charge on any atom is -0.321 e. The lowest BCUT2D eigenvalue weighted by Gasteiger charge is -2.07. The predicted molar refractivity (Wildman–Crippen MR) is 79.0 cm³/mol. The van der Waals surface area contributed by atoms with Crippen LogP contribution in [0.25, 0.3) is 0 Å². The van der Waals surface area contributed by atoms with E-state index in [9.17, 15) is 8.42 Å². The van der Waals surface area contributed by atoms with Crippen LogP contribution in [-0.2, 0) is 23.5 Å². The molecule has 0 aliphatic heterocycles. The maximum Gasteiger partial charge on any atom is 0.240 e. The van der Waals surface area contributed by atoms with Crippen LogP contribution in [0.5, 0.6) is 0 Å². The van der Waals surface area contributed by atoms with Gasteiger partial charge in [-0.2, -0.15) is 0 Å². The number of rotatable bonds is 5. The summed E-state index contributed by atoms with van der Waals surface area (Å²) in [6.07, 6.45) is 2.03. The van der Waals surface area contributed by atoms with Crippen molar-refractivity contribution in [3.05, 3.63) is 39.8 Å². The standard InChI is InChI=1S/C11H12BrClN4O2S/c1-17-7-14-16-11(17)4-5-15-20(18,19)8-2-3-10(13)9(12)6-8/h2-3,6-7,15H,4-5H2,1H3. The van der Waals surface area contributed by atoms with Gasteiger partial charge >= 0.3 is 0 Å². The number of sulfonamides is 1. The van der Waals surface area contributed by atoms with Gasteiger partial charge in [-0.1, -0.05) is 11.6 Å². The first-order chi connectivity index (χ1) is 9.40. The Bertz CT molecular complexity index is 717. The SMILES string of the molecule is Cn1cnnc1CCNS(=O)(=O)c1ccc(Cl)c(Br)c1. The van der Waals surface area contributed by atoms with Crippen LogP contribution in [0.3, 0.4) is 0 Å². The van der Waals surface area contributed by atoms with E-state index in [0.717, 1.165) is 0 Å². The number of nitrogens with zero attached hydrogens (tertiary/aromatic N) is 3. The van der Waals surface area contributed by atoms with E-state index in [0.29, 0.717) is 21.7 Å². The van der Waals surface area contributed by atoms with Gasteiger partial charge in [-0.3, -0.25) is 0 Å². The fourth-order valence-corrected chi connectivity index (χ4v) is 3.26. The number of aryl methyl sites for hydroxylation is 1. The minimum absolute atomic E-state index is 0.159. The summed E-state index contributed by atoms with van der Waals surface area (Å²) in [5, 5.41) is 8.08. The van der Waals surface area contributed by atoms with E-state index >= 15 is 0 Å². The number of hydrogen-bond donors (Lipinski definition) is 1. The third-order valence-electron chi connectivity index (χ3n) is 2.65. The van der Waals surface area contributed by atoms with Crippen LogP contribution in [0.4, 0.5) is 0 Å². The average Bonchev–Trinajstić information content (AvgIpc) is 2.78. The smallest absolute Gasteiger partial charge is 0.240 e. The monoisotopic (exact) mass is 378 g/mol. The maximum absolute atomic E-state index is 12.1. The molecule has 0 radical (unpaired) electrons. The highest BCUT2D eigenvalue weighted by atomic mass is 79.9. The van der Waals surface area contributed by atoms with Gasteiger partial charge in [0.1, 0.15) is 12.2 Å². The third-order valence-corrected chi connectivity index (χ3v) is 5.32. The summed E-state index contributed by atoms with van der Waals surface area (Å²) in [7, 11) is -1.76. The number of hydrogen-bond acceptors (Lipinski definition) is 4. The average molecular weight is 380 g/mol. The van der Waals surface area contributed by atoms with Gasteiger partial charge in [0.15, 0.2) is 0 Å². The van der Waals surface area contributed by atoms with Crippen LogP contribution in [0.2, 0.25) is 5.02 Å². The zero-order valence-electron chi connectivity index (χ0n) is 10.5. The molecule has 1 aromatic heterocycles. The zero-order chi connectivity index (χ0) is 14.8. The summed E-state index contributed by atoms with van der Waals surface area (Å²) in [4.78, 5) is 0.159. The highest BCUT2D eigenvalue weighted by molar-refractivity contribution is 9.10. The molecule has 2 aromatic rings. The lowest BCUT2D eigenvalue weighted by Crippen LogP contribution is -2.26. The van der Waals surface area contributed by atoms with Crippen molar-refractivity contribution in [3.8, 4) is 0 Å². The molecular formula is C11H12BrClN4O2S. The molecule has 0 saturated heterocycles. The number of benzene rings is 1. The summed E-state index contributed by atoms with van der Waals surface area (Å²) in [5.74, 6) is 0.713. The Kier molecular flexibility index (Phi) is 4.79. The lowest BCUT2D eigenvalue weighted by molar-refractivity contribution is 0.580. The molecule has 20 heavy (non-hydrogen) atoms. The summed E-state index contributed by atoms with van der Waals surface area (Å²) in [6.45, 7) is 0.245. The van der Waals surface area contributed by atoms with Gasteiger partial charge in [0.2, 0.25) is 10.0 Å². The molecule has 2 rings (SSSR count). The molecule has 0 amide bonds. The number of halogens is 2. The maximum atomic E-state index is 12.1. The minimum atomic E-state index is -3.56. The number of nitrogens with one attached hydrogen (secondary N) is 1. The van der Waals surface area contributed by atoms with E-state index in [4.69, 9.17) is 11.6 Å². The van der Waals surface area contributed by atoms with Crippen LogP contribution >= 0.6 is 27.5 Å². The first kappa shape index (κ1) is 15.4. The highest BCUT2D eigenvalue weighted by Crippen LogP contribution is 2.25. The fourth-order valence-electron chi connectivity index (χ4n) is 1.56. The first-order valence-electron chi connectivity index (χ1n) is 5.68. The molecule has 6 nitrogen and oxygen atoms in total. The number of aromatic nitrogens is 3. The molecule has 0 bridgehead atoms. The second-order valence-electron chi connectivity index (χ2n) is 4.08. The predicted octanol–water partition coefficient (Wildman–Crippen LogP) is 1.75. The second kappa shape index (κ2) is 6.21. The molecule has 1 heterocycles. The normalized spacial score (nSPS) is 11.8. The van der Waals surface area contributed by atoms with Crippen LogP contribution in [-0.4, -0.2) is 29.7 Å². The van der Waals surface area contributed by atoms with Crippen LogP contribution in [0.15, 0.2) is 33.9 Å². The van der Waals surface area contributed by atoms with Crippen molar-refractivity contribution in [2.75, 3.05) is 6.54 Å². The molecule has 108 valence electrons. The Labute approximate surface area is 130 Å². The Balaban J connectivity index is 2.04. The summed E-state index contributed by atoms with van der Waals surface area (Å²) in [5.41, 5.74) is 0.